The fourth-order valence-electron chi connectivity index (χ4n) is 4.93. The van der Waals surface area contributed by atoms with E-state index in [-0.39, 0.29) is 24.4 Å². The van der Waals surface area contributed by atoms with Crippen LogP contribution < -0.4 is 20.3 Å². The number of pyridine rings is 1. The molecule has 0 spiro atoms. The zero-order chi connectivity index (χ0) is 27.4. The highest BCUT2D eigenvalue weighted by atomic mass is 32.1. The van der Waals surface area contributed by atoms with Gasteiger partial charge in [-0.1, -0.05) is 18.2 Å². The molecular formula is C30H32N6O2S. The summed E-state index contributed by atoms with van der Waals surface area (Å²) in [6.07, 6.45) is 4.10. The molecule has 9 heteroatoms. The quantitative estimate of drug-likeness (QED) is 0.291. The Hall–Kier alpha value is -4.37. The first-order valence-electron chi connectivity index (χ1n) is 12.8. The molecule has 1 saturated heterocycles. The Morgan fingerprint density at radius 2 is 1.82 bits per heavy atom. The summed E-state index contributed by atoms with van der Waals surface area (Å²) in [5.41, 5.74) is 4.77. The summed E-state index contributed by atoms with van der Waals surface area (Å²) in [5.74, 6) is 0.507. The van der Waals surface area contributed by atoms with Crippen molar-refractivity contribution >= 4 is 34.6 Å². The summed E-state index contributed by atoms with van der Waals surface area (Å²) in [4.78, 5) is 21.8. The van der Waals surface area contributed by atoms with E-state index in [1.165, 1.54) is 0 Å². The van der Waals surface area contributed by atoms with E-state index in [4.69, 9.17) is 17.0 Å². The zero-order valence-corrected chi connectivity index (χ0v) is 23.1. The molecule has 39 heavy (non-hydrogen) atoms. The fourth-order valence-corrected chi connectivity index (χ4v) is 5.26. The van der Waals surface area contributed by atoms with Crippen LogP contribution in [0, 0.1) is 0 Å². The molecule has 200 valence electrons. The third-order valence-electron chi connectivity index (χ3n) is 6.89. The second-order valence-corrected chi connectivity index (χ2v) is 9.92. The standard InChI is InChI=1S/C30H32N6O2S/c1-34(2)21-13-15-22(16-14-21)35-19-8-11-25(35)29-28(24-10-6-7-18-31-24)33-30(39)36(29)20-17-27(37)32-23-9-4-5-12-26(23)38-3/h4-16,18-19,28-29H,17,20H2,1-3H3,(H,32,37)(H,33,39)/t28-,29+/m1/s1. The van der Waals surface area contributed by atoms with Crippen molar-refractivity contribution in [2.24, 2.45) is 0 Å². The molecule has 0 bridgehead atoms. The Kier molecular flexibility index (Phi) is 7.79. The summed E-state index contributed by atoms with van der Waals surface area (Å²) in [6, 6.07) is 25.5. The number of nitrogens with one attached hydrogen (secondary N) is 2. The molecule has 0 unspecified atom stereocenters. The molecule has 1 fully saturated rings. The van der Waals surface area contributed by atoms with Gasteiger partial charge in [0.15, 0.2) is 5.11 Å². The van der Waals surface area contributed by atoms with Crippen LogP contribution in [0.1, 0.15) is 29.9 Å². The summed E-state index contributed by atoms with van der Waals surface area (Å²) in [7, 11) is 5.64. The second kappa shape index (κ2) is 11.6. The predicted octanol–water partition coefficient (Wildman–Crippen LogP) is 4.95. The number of para-hydroxylation sites is 2. The fraction of sp³-hybridized carbons (Fsp3) is 0.233. The van der Waals surface area contributed by atoms with Crippen LogP contribution in [0.3, 0.4) is 0 Å². The minimum Gasteiger partial charge on any atom is -0.495 e. The van der Waals surface area contributed by atoms with Crippen LogP contribution in [0.2, 0.25) is 0 Å². The Morgan fingerprint density at radius 3 is 2.54 bits per heavy atom. The van der Waals surface area contributed by atoms with Gasteiger partial charge in [0, 0.05) is 56.5 Å². The topological polar surface area (TPSA) is 74.7 Å². The van der Waals surface area contributed by atoms with E-state index >= 15 is 0 Å². The summed E-state index contributed by atoms with van der Waals surface area (Å²) >= 11 is 5.82. The van der Waals surface area contributed by atoms with Gasteiger partial charge >= 0.3 is 0 Å². The smallest absolute Gasteiger partial charge is 0.226 e. The highest BCUT2D eigenvalue weighted by Gasteiger charge is 2.41. The van der Waals surface area contributed by atoms with Crippen LogP contribution in [0.5, 0.6) is 5.75 Å². The molecule has 1 aliphatic rings. The number of benzene rings is 2. The number of carbonyl (C=O) groups excluding carboxylic acids is 1. The number of carbonyl (C=O) groups is 1. The van der Waals surface area contributed by atoms with Gasteiger partial charge in [-0.25, -0.2) is 0 Å². The lowest BCUT2D eigenvalue weighted by atomic mass is 10.0. The molecule has 5 rings (SSSR count). The number of rotatable bonds is 9. The van der Waals surface area contributed by atoms with E-state index in [9.17, 15) is 4.79 Å². The maximum absolute atomic E-state index is 13.0. The Bertz CT molecular complexity index is 1440. The van der Waals surface area contributed by atoms with Crippen molar-refractivity contribution < 1.29 is 9.53 Å². The highest BCUT2D eigenvalue weighted by Crippen LogP contribution is 2.39. The molecule has 0 saturated carbocycles. The number of aromatic nitrogens is 2. The number of nitrogens with zero attached hydrogens (tertiary/aromatic N) is 4. The first-order valence-corrected chi connectivity index (χ1v) is 13.2. The van der Waals surface area contributed by atoms with Gasteiger partial charge in [0.05, 0.1) is 30.6 Å². The molecule has 2 N–H and O–H groups in total. The maximum Gasteiger partial charge on any atom is 0.226 e. The van der Waals surface area contributed by atoms with E-state index in [1.807, 2.05) is 62.6 Å². The molecule has 8 nitrogen and oxygen atoms in total. The van der Waals surface area contributed by atoms with Crippen molar-refractivity contribution in [3.8, 4) is 11.4 Å². The first-order chi connectivity index (χ1) is 19.0. The van der Waals surface area contributed by atoms with E-state index < -0.39 is 0 Å². The summed E-state index contributed by atoms with van der Waals surface area (Å²) in [6.45, 7) is 0.436. The van der Waals surface area contributed by atoms with Crippen molar-refractivity contribution in [1.82, 2.24) is 19.8 Å². The van der Waals surface area contributed by atoms with Gasteiger partial charge in [-0.15, -0.1) is 0 Å². The molecule has 0 radical (unpaired) electrons. The number of thiocarbonyl (C=S) groups is 1. The van der Waals surface area contributed by atoms with Gasteiger partial charge in [-0.3, -0.25) is 9.78 Å². The minimum absolute atomic E-state index is 0.114. The van der Waals surface area contributed by atoms with Crippen LogP contribution in [-0.4, -0.2) is 53.2 Å². The predicted molar refractivity (Wildman–Crippen MR) is 158 cm³/mol. The molecule has 2 atom stereocenters. The van der Waals surface area contributed by atoms with Crippen molar-refractivity contribution in [2.45, 2.75) is 18.5 Å². The van der Waals surface area contributed by atoms with Crippen LogP contribution in [-0.2, 0) is 4.79 Å². The molecule has 3 heterocycles. The highest BCUT2D eigenvalue weighted by molar-refractivity contribution is 7.80. The third-order valence-corrected chi connectivity index (χ3v) is 7.24. The second-order valence-electron chi connectivity index (χ2n) is 9.53. The molecule has 1 amide bonds. The van der Waals surface area contributed by atoms with Crippen molar-refractivity contribution in [1.29, 1.82) is 0 Å². The van der Waals surface area contributed by atoms with Gasteiger partial charge in [0.25, 0.3) is 0 Å². The minimum atomic E-state index is -0.175. The Morgan fingerprint density at radius 1 is 1.05 bits per heavy atom. The van der Waals surface area contributed by atoms with Gasteiger partial charge in [0.1, 0.15) is 5.75 Å². The number of hydrogen-bond acceptors (Lipinski definition) is 5. The molecule has 2 aromatic heterocycles. The molecule has 1 aliphatic heterocycles. The molecule has 4 aromatic rings. The number of ether oxygens (including phenoxy) is 1. The van der Waals surface area contributed by atoms with Gasteiger partial charge < -0.3 is 29.7 Å². The molecule has 0 aliphatic carbocycles. The normalized spacial score (nSPS) is 16.6. The van der Waals surface area contributed by atoms with E-state index in [0.29, 0.717) is 23.1 Å². The Labute approximate surface area is 234 Å². The van der Waals surface area contributed by atoms with Crippen molar-refractivity contribution in [3.05, 3.63) is 103 Å². The SMILES string of the molecule is COc1ccccc1NC(=O)CCN1C(=S)N[C@H](c2ccccn2)[C@@H]1c1cccn1-c1ccc(N(C)C)cc1. The zero-order valence-electron chi connectivity index (χ0n) is 22.2. The van der Waals surface area contributed by atoms with Gasteiger partial charge in [-0.2, -0.15) is 0 Å². The molecular weight excluding hydrogens is 508 g/mol. The lowest BCUT2D eigenvalue weighted by Gasteiger charge is -2.29. The number of methoxy groups -OCH3 is 1. The lowest BCUT2D eigenvalue weighted by molar-refractivity contribution is -0.116. The van der Waals surface area contributed by atoms with Crippen LogP contribution in [0.15, 0.2) is 91.3 Å². The summed E-state index contributed by atoms with van der Waals surface area (Å²) < 4.78 is 7.56. The van der Waals surface area contributed by atoms with Crippen LogP contribution >= 0.6 is 12.2 Å². The maximum atomic E-state index is 13.0. The van der Waals surface area contributed by atoms with Crippen LogP contribution in [0.25, 0.3) is 5.69 Å². The molecule has 2 aromatic carbocycles. The van der Waals surface area contributed by atoms with Crippen molar-refractivity contribution in [3.63, 3.8) is 0 Å². The van der Waals surface area contributed by atoms with E-state index in [1.54, 1.807) is 13.3 Å². The van der Waals surface area contributed by atoms with E-state index in [0.717, 1.165) is 22.8 Å². The van der Waals surface area contributed by atoms with Crippen LogP contribution in [0.4, 0.5) is 11.4 Å². The summed E-state index contributed by atoms with van der Waals surface area (Å²) in [5, 5.41) is 7.04. The van der Waals surface area contributed by atoms with Gasteiger partial charge in [0.2, 0.25) is 5.91 Å². The van der Waals surface area contributed by atoms with E-state index in [2.05, 4.69) is 66.5 Å². The monoisotopic (exact) mass is 540 g/mol. The number of hydrogen-bond donors (Lipinski definition) is 2. The largest absolute Gasteiger partial charge is 0.495 e. The third kappa shape index (κ3) is 5.58. The van der Waals surface area contributed by atoms with Gasteiger partial charge in [-0.05, 0) is 72.9 Å². The average Bonchev–Trinajstić information content (AvgIpc) is 3.57. The first kappa shape index (κ1) is 26.2. The lowest BCUT2D eigenvalue weighted by Crippen LogP contribution is -2.33. The number of amides is 1. The van der Waals surface area contributed by atoms with Crippen molar-refractivity contribution in [2.75, 3.05) is 38.0 Å². The Balaban J connectivity index is 1.43. The number of anilines is 2. The average molecular weight is 541 g/mol.